The molecular weight excluding hydrogens is 190 g/mol. The number of aliphatic carboxylic acids is 1. The normalized spacial score (nSPS) is 19.2. The highest BCUT2D eigenvalue weighted by molar-refractivity contribution is 5.85. The Kier molecular flexibility index (Phi) is 4.71. The summed E-state index contributed by atoms with van der Waals surface area (Å²) in [6.07, 6.45) is 3.51. The van der Waals surface area contributed by atoms with Crippen molar-refractivity contribution in [1.29, 1.82) is 0 Å². The van der Waals surface area contributed by atoms with E-state index in [1.54, 1.807) is 13.8 Å². The first-order valence-corrected chi connectivity index (χ1v) is 4.53. The van der Waals surface area contributed by atoms with Crippen molar-refractivity contribution in [3.05, 3.63) is 0 Å². The number of hydrogen-bond donors (Lipinski definition) is 1. The van der Waals surface area contributed by atoms with Crippen LogP contribution in [0.15, 0.2) is 0 Å². The monoisotopic (exact) mass is 207 g/mol. The van der Waals surface area contributed by atoms with Crippen molar-refractivity contribution in [1.82, 2.24) is 4.90 Å². The summed E-state index contributed by atoms with van der Waals surface area (Å²) < 4.78 is 0. The fourth-order valence-corrected chi connectivity index (χ4v) is 1.59. The second-order valence-electron chi connectivity index (χ2n) is 3.91. The number of halogens is 1. The van der Waals surface area contributed by atoms with E-state index in [4.69, 9.17) is 5.11 Å². The molecule has 1 aliphatic rings. The Bertz CT molecular complexity index is 176. The number of likely N-dealkylation sites (tertiary alicyclic amines) is 1. The van der Waals surface area contributed by atoms with Crippen molar-refractivity contribution in [3.63, 3.8) is 0 Å². The van der Waals surface area contributed by atoms with Gasteiger partial charge in [-0.05, 0) is 39.8 Å². The molecule has 0 aromatic heterocycles. The summed E-state index contributed by atoms with van der Waals surface area (Å²) in [5, 5.41) is 8.95. The van der Waals surface area contributed by atoms with Crippen LogP contribution in [0.1, 0.15) is 33.1 Å². The number of nitrogens with zero attached hydrogens (tertiary/aromatic N) is 1. The molecule has 0 radical (unpaired) electrons. The SMILES string of the molecule is CC(C)(C(=O)O)N1CCCCC1.Cl. The van der Waals surface area contributed by atoms with Crippen molar-refractivity contribution >= 4 is 18.4 Å². The van der Waals surface area contributed by atoms with Crippen LogP contribution in [-0.4, -0.2) is 34.6 Å². The van der Waals surface area contributed by atoms with Gasteiger partial charge in [-0.3, -0.25) is 9.69 Å². The smallest absolute Gasteiger partial charge is 0.323 e. The van der Waals surface area contributed by atoms with Gasteiger partial charge in [0.05, 0.1) is 0 Å². The molecule has 0 aliphatic carbocycles. The summed E-state index contributed by atoms with van der Waals surface area (Å²) in [5.74, 6) is -0.718. The van der Waals surface area contributed by atoms with E-state index in [9.17, 15) is 4.79 Å². The van der Waals surface area contributed by atoms with E-state index in [0.717, 1.165) is 25.9 Å². The maximum Gasteiger partial charge on any atom is 0.323 e. The summed E-state index contributed by atoms with van der Waals surface area (Å²) in [5.41, 5.74) is -0.680. The minimum Gasteiger partial charge on any atom is -0.480 e. The van der Waals surface area contributed by atoms with Gasteiger partial charge >= 0.3 is 5.97 Å². The average molecular weight is 208 g/mol. The van der Waals surface area contributed by atoms with Gasteiger partial charge in [-0.1, -0.05) is 6.42 Å². The Morgan fingerprint density at radius 1 is 1.23 bits per heavy atom. The maximum absolute atomic E-state index is 10.9. The predicted octanol–water partition coefficient (Wildman–Crippen LogP) is 1.76. The van der Waals surface area contributed by atoms with E-state index in [0.29, 0.717) is 0 Å². The van der Waals surface area contributed by atoms with Gasteiger partial charge in [-0.15, -0.1) is 12.4 Å². The lowest BCUT2D eigenvalue weighted by Gasteiger charge is -2.37. The molecule has 0 unspecified atom stereocenters. The number of carboxylic acids is 1. The first kappa shape index (κ1) is 12.7. The zero-order valence-corrected chi connectivity index (χ0v) is 9.06. The van der Waals surface area contributed by atoms with Gasteiger partial charge < -0.3 is 5.11 Å². The van der Waals surface area contributed by atoms with Crippen molar-refractivity contribution in [3.8, 4) is 0 Å². The molecule has 1 heterocycles. The highest BCUT2D eigenvalue weighted by Crippen LogP contribution is 2.20. The van der Waals surface area contributed by atoms with Gasteiger partial charge in [0.2, 0.25) is 0 Å². The summed E-state index contributed by atoms with van der Waals surface area (Å²) in [6, 6.07) is 0. The van der Waals surface area contributed by atoms with Crippen LogP contribution < -0.4 is 0 Å². The van der Waals surface area contributed by atoms with E-state index < -0.39 is 11.5 Å². The van der Waals surface area contributed by atoms with E-state index in [1.165, 1.54) is 6.42 Å². The Morgan fingerprint density at radius 2 is 1.69 bits per heavy atom. The van der Waals surface area contributed by atoms with Gasteiger partial charge in [-0.2, -0.15) is 0 Å². The van der Waals surface area contributed by atoms with E-state index in [2.05, 4.69) is 4.90 Å². The van der Waals surface area contributed by atoms with Crippen molar-refractivity contribution in [2.75, 3.05) is 13.1 Å². The third-order valence-electron chi connectivity index (χ3n) is 2.67. The summed E-state index contributed by atoms with van der Waals surface area (Å²) in [4.78, 5) is 12.9. The van der Waals surface area contributed by atoms with Crippen LogP contribution in [-0.2, 0) is 4.79 Å². The lowest BCUT2D eigenvalue weighted by molar-refractivity contribution is -0.150. The van der Waals surface area contributed by atoms with Crippen LogP contribution in [0.2, 0.25) is 0 Å². The van der Waals surface area contributed by atoms with Crippen LogP contribution >= 0.6 is 12.4 Å². The van der Waals surface area contributed by atoms with Crippen molar-refractivity contribution in [2.24, 2.45) is 0 Å². The molecule has 13 heavy (non-hydrogen) atoms. The topological polar surface area (TPSA) is 40.5 Å². The summed E-state index contributed by atoms with van der Waals surface area (Å²) in [6.45, 7) is 5.42. The zero-order valence-electron chi connectivity index (χ0n) is 8.25. The Hall–Kier alpha value is -0.280. The van der Waals surface area contributed by atoms with Crippen molar-refractivity contribution < 1.29 is 9.90 Å². The molecule has 0 spiro atoms. The molecule has 0 amide bonds. The predicted molar refractivity (Wildman–Crippen MR) is 54.4 cm³/mol. The van der Waals surface area contributed by atoms with Crippen LogP contribution in [0.3, 0.4) is 0 Å². The first-order chi connectivity index (χ1) is 5.55. The molecule has 1 fully saturated rings. The minimum absolute atomic E-state index is 0. The second-order valence-corrected chi connectivity index (χ2v) is 3.91. The lowest BCUT2D eigenvalue weighted by atomic mass is 9.99. The molecular formula is C9H18ClNO2. The second kappa shape index (κ2) is 4.82. The molecule has 0 aromatic rings. The Balaban J connectivity index is 0.00000144. The molecule has 1 saturated heterocycles. The molecule has 0 bridgehead atoms. The van der Waals surface area contributed by atoms with E-state index in [1.807, 2.05) is 0 Å². The van der Waals surface area contributed by atoms with Gasteiger partial charge in [0.1, 0.15) is 5.54 Å². The molecule has 1 aliphatic heterocycles. The number of piperidine rings is 1. The van der Waals surface area contributed by atoms with Gasteiger partial charge in [0.25, 0.3) is 0 Å². The number of rotatable bonds is 2. The maximum atomic E-state index is 10.9. The minimum atomic E-state index is -0.718. The zero-order chi connectivity index (χ0) is 9.19. The highest BCUT2D eigenvalue weighted by Gasteiger charge is 2.34. The standard InChI is InChI=1S/C9H17NO2.ClH/c1-9(2,8(11)12)10-6-4-3-5-7-10;/h3-7H2,1-2H3,(H,11,12);1H. The summed E-state index contributed by atoms with van der Waals surface area (Å²) in [7, 11) is 0. The molecule has 3 nitrogen and oxygen atoms in total. The van der Waals surface area contributed by atoms with Gasteiger partial charge in [-0.25, -0.2) is 0 Å². The van der Waals surface area contributed by atoms with Crippen LogP contribution in [0.25, 0.3) is 0 Å². The Labute approximate surface area is 85.5 Å². The van der Waals surface area contributed by atoms with Crippen LogP contribution in [0, 0.1) is 0 Å². The highest BCUT2D eigenvalue weighted by atomic mass is 35.5. The molecule has 4 heteroatoms. The first-order valence-electron chi connectivity index (χ1n) is 4.53. The van der Waals surface area contributed by atoms with Crippen LogP contribution in [0.4, 0.5) is 0 Å². The quantitative estimate of drug-likeness (QED) is 0.750. The third-order valence-corrected chi connectivity index (χ3v) is 2.67. The number of carboxylic acid groups (broad SMARTS) is 1. The van der Waals surface area contributed by atoms with Crippen LogP contribution in [0.5, 0.6) is 0 Å². The van der Waals surface area contributed by atoms with Crippen molar-refractivity contribution in [2.45, 2.75) is 38.6 Å². The molecule has 1 rings (SSSR count). The molecule has 1 N–H and O–H groups in total. The molecule has 78 valence electrons. The fourth-order valence-electron chi connectivity index (χ4n) is 1.59. The number of carbonyl (C=O) groups is 1. The van der Waals surface area contributed by atoms with E-state index in [-0.39, 0.29) is 12.4 Å². The Morgan fingerprint density at radius 3 is 2.08 bits per heavy atom. The van der Waals surface area contributed by atoms with Gasteiger partial charge in [0.15, 0.2) is 0 Å². The average Bonchev–Trinajstić information content (AvgIpc) is 2.06. The third kappa shape index (κ3) is 2.85. The number of hydrogen-bond acceptors (Lipinski definition) is 2. The van der Waals surface area contributed by atoms with E-state index >= 15 is 0 Å². The molecule has 0 aromatic carbocycles. The van der Waals surface area contributed by atoms with Gasteiger partial charge in [0, 0.05) is 0 Å². The largest absolute Gasteiger partial charge is 0.480 e. The molecule has 0 atom stereocenters. The lowest BCUT2D eigenvalue weighted by Crippen LogP contribution is -2.52. The molecule has 0 saturated carbocycles. The summed E-state index contributed by atoms with van der Waals surface area (Å²) >= 11 is 0. The fraction of sp³-hybridized carbons (Fsp3) is 0.889.